The Kier molecular flexibility index (Phi) is 5.16. The molecule has 1 N–H and O–H groups in total. The summed E-state index contributed by atoms with van der Waals surface area (Å²) >= 11 is 0. The van der Waals surface area contributed by atoms with Crippen molar-refractivity contribution in [3.63, 3.8) is 0 Å². The van der Waals surface area contributed by atoms with E-state index in [4.69, 9.17) is 9.72 Å². The topological polar surface area (TPSA) is 98.1 Å². The van der Waals surface area contributed by atoms with E-state index in [1.165, 1.54) is 0 Å². The lowest BCUT2D eigenvalue weighted by Gasteiger charge is -2.47. The number of carbonyl (C=O) groups is 1. The zero-order valence-electron chi connectivity index (χ0n) is 21.6. The summed E-state index contributed by atoms with van der Waals surface area (Å²) in [5.74, 6) is 0.712. The van der Waals surface area contributed by atoms with E-state index in [0.717, 1.165) is 58.0 Å². The third-order valence-electron chi connectivity index (χ3n) is 7.51. The number of amides is 1. The molecule has 6 rings (SSSR count). The standard InChI is InChI=1S/C29H30N6O2/c1-18-9-10-23-21(14-31-33-23)24(18)25-19-7-5-6-8-22(19)32-26(20(25)13-30)34-12-11-29(15-34)16-35(17-29)27(36)37-28(2,3)4/h5-10,14H,11-12,15-17H2,1-4H3,(H,31,33). The van der Waals surface area contributed by atoms with E-state index in [1.54, 1.807) is 4.90 Å². The molecule has 8 nitrogen and oxygen atoms in total. The maximum absolute atomic E-state index is 12.5. The lowest BCUT2D eigenvalue weighted by molar-refractivity contribution is -0.0266. The Morgan fingerprint density at radius 3 is 2.65 bits per heavy atom. The lowest BCUT2D eigenvalue weighted by atomic mass is 9.79. The van der Waals surface area contributed by atoms with Crippen molar-refractivity contribution in [3.8, 4) is 17.2 Å². The molecule has 1 spiro atoms. The van der Waals surface area contributed by atoms with E-state index in [0.29, 0.717) is 24.5 Å². The summed E-state index contributed by atoms with van der Waals surface area (Å²) in [6, 6.07) is 14.6. The molecule has 2 aromatic carbocycles. The van der Waals surface area contributed by atoms with Gasteiger partial charge in [-0.25, -0.2) is 9.78 Å². The van der Waals surface area contributed by atoms with E-state index in [2.05, 4.69) is 34.2 Å². The molecular formula is C29H30N6O2. The normalized spacial score (nSPS) is 16.8. The Morgan fingerprint density at radius 2 is 1.89 bits per heavy atom. The number of carbonyl (C=O) groups excluding carboxylic acids is 1. The second-order valence-corrected chi connectivity index (χ2v) is 11.4. The average molecular weight is 495 g/mol. The van der Waals surface area contributed by atoms with Gasteiger partial charge in [0.2, 0.25) is 0 Å². The Labute approximate surface area is 215 Å². The summed E-state index contributed by atoms with van der Waals surface area (Å²) in [5.41, 5.74) is 4.85. The molecule has 4 heterocycles. The van der Waals surface area contributed by atoms with Crippen LogP contribution in [0.1, 0.15) is 38.3 Å². The number of aromatic nitrogens is 3. The van der Waals surface area contributed by atoms with E-state index >= 15 is 0 Å². The summed E-state index contributed by atoms with van der Waals surface area (Å²) in [7, 11) is 0. The van der Waals surface area contributed by atoms with E-state index in [1.807, 2.05) is 57.3 Å². The number of nitriles is 1. The van der Waals surface area contributed by atoms with Gasteiger partial charge in [-0.05, 0) is 57.4 Å². The first-order valence-corrected chi connectivity index (χ1v) is 12.7. The van der Waals surface area contributed by atoms with Crippen molar-refractivity contribution in [1.82, 2.24) is 20.1 Å². The van der Waals surface area contributed by atoms with Crippen LogP contribution in [0.15, 0.2) is 42.6 Å². The highest BCUT2D eigenvalue weighted by Gasteiger charge is 2.51. The third-order valence-corrected chi connectivity index (χ3v) is 7.51. The summed E-state index contributed by atoms with van der Waals surface area (Å²) < 4.78 is 5.56. The third kappa shape index (κ3) is 3.86. The van der Waals surface area contributed by atoms with E-state index in [-0.39, 0.29) is 11.5 Å². The predicted molar refractivity (Wildman–Crippen MR) is 143 cm³/mol. The van der Waals surface area contributed by atoms with E-state index < -0.39 is 5.60 Å². The molecule has 2 aliphatic heterocycles. The molecule has 0 unspecified atom stereocenters. The van der Waals surface area contributed by atoms with Crippen LogP contribution in [-0.2, 0) is 4.74 Å². The van der Waals surface area contributed by atoms with Crippen LogP contribution in [0.25, 0.3) is 32.9 Å². The molecule has 1 amide bonds. The Hall–Kier alpha value is -4.12. The fourth-order valence-corrected chi connectivity index (χ4v) is 5.84. The van der Waals surface area contributed by atoms with Gasteiger partial charge in [0, 0.05) is 47.9 Å². The minimum Gasteiger partial charge on any atom is -0.444 e. The molecule has 4 aromatic rings. The SMILES string of the molecule is Cc1ccc2[nH]ncc2c1-c1c(C#N)c(N2CCC3(CN(C(=O)OC(C)(C)C)C3)C2)nc2ccccc12. The van der Waals surface area contributed by atoms with Gasteiger partial charge in [0.25, 0.3) is 0 Å². The highest BCUT2D eigenvalue weighted by atomic mass is 16.6. The van der Waals surface area contributed by atoms with Crippen molar-refractivity contribution in [2.45, 2.75) is 39.7 Å². The molecule has 2 fully saturated rings. The number of nitrogens with one attached hydrogen (secondary N) is 1. The van der Waals surface area contributed by atoms with Gasteiger partial charge in [0.15, 0.2) is 0 Å². The number of fused-ring (bicyclic) bond motifs is 2. The maximum Gasteiger partial charge on any atom is 0.410 e. The summed E-state index contributed by atoms with van der Waals surface area (Å²) in [4.78, 5) is 21.5. The number of aryl methyl sites for hydroxylation is 1. The summed E-state index contributed by atoms with van der Waals surface area (Å²) in [5, 5.41) is 19.8. The second-order valence-electron chi connectivity index (χ2n) is 11.4. The molecular weight excluding hydrogens is 464 g/mol. The molecule has 2 aromatic heterocycles. The monoisotopic (exact) mass is 494 g/mol. The van der Waals surface area contributed by atoms with E-state index in [9.17, 15) is 10.1 Å². The van der Waals surface area contributed by atoms with Crippen LogP contribution in [0.4, 0.5) is 10.6 Å². The molecule has 0 radical (unpaired) electrons. The number of nitrogens with zero attached hydrogens (tertiary/aromatic N) is 5. The zero-order valence-corrected chi connectivity index (χ0v) is 21.6. The van der Waals surface area contributed by atoms with Gasteiger partial charge in [0.05, 0.1) is 17.2 Å². The molecule has 8 heteroatoms. The van der Waals surface area contributed by atoms with Crippen molar-refractivity contribution < 1.29 is 9.53 Å². The number of para-hydroxylation sites is 1. The van der Waals surface area contributed by atoms with Gasteiger partial charge in [-0.1, -0.05) is 24.3 Å². The van der Waals surface area contributed by atoms with Crippen molar-refractivity contribution in [2.75, 3.05) is 31.1 Å². The van der Waals surface area contributed by atoms with Gasteiger partial charge in [-0.3, -0.25) is 5.10 Å². The Bertz CT molecular complexity index is 1590. The minimum atomic E-state index is -0.509. The van der Waals surface area contributed by atoms with Crippen molar-refractivity contribution in [3.05, 3.63) is 53.7 Å². The van der Waals surface area contributed by atoms with Gasteiger partial charge in [-0.15, -0.1) is 0 Å². The van der Waals surface area contributed by atoms with Crippen LogP contribution >= 0.6 is 0 Å². The molecule has 0 saturated carbocycles. The Balaban J connectivity index is 1.40. The Morgan fingerprint density at radius 1 is 1.11 bits per heavy atom. The number of benzene rings is 2. The van der Waals surface area contributed by atoms with Crippen LogP contribution < -0.4 is 4.90 Å². The largest absolute Gasteiger partial charge is 0.444 e. The van der Waals surface area contributed by atoms with Crippen LogP contribution in [-0.4, -0.2) is 58.0 Å². The minimum absolute atomic E-state index is 0.00237. The number of pyridine rings is 1. The second kappa shape index (κ2) is 8.20. The lowest BCUT2D eigenvalue weighted by Crippen LogP contribution is -2.60. The first kappa shape index (κ1) is 23.3. The predicted octanol–water partition coefficient (Wildman–Crippen LogP) is 5.41. The van der Waals surface area contributed by atoms with Gasteiger partial charge in [0.1, 0.15) is 23.1 Å². The van der Waals surface area contributed by atoms with Gasteiger partial charge < -0.3 is 14.5 Å². The number of ether oxygens (including phenoxy) is 1. The first-order chi connectivity index (χ1) is 17.7. The molecule has 0 atom stereocenters. The number of H-pyrrole nitrogens is 1. The number of rotatable bonds is 2. The highest BCUT2D eigenvalue weighted by Crippen LogP contribution is 2.45. The zero-order chi connectivity index (χ0) is 25.9. The number of likely N-dealkylation sites (tertiary alicyclic amines) is 1. The van der Waals surface area contributed by atoms with Crippen molar-refractivity contribution >= 4 is 33.7 Å². The number of hydrogen-bond donors (Lipinski definition) is 1. The van der Waals surface area contributed by atoms with Crippen LogP contribution in [0, 0.1) is 23.7 Å². The molecule has 37 heavy (non-hydrogen) atoms. The van der Waals surface area contributed by atoms with Crippen molar-refractivity contribution in [2.24, 2.45) is 5.41 Å². The maximum atomic E-state index is 12.5. The molecule has 0 bridgehead atoms. The molecule has 188 valence electrons. The number of anilines is 1. The fraction of sp³-hybridized carbons (Fsp3) is 0.379. The molecule has 0 aliphatic carbocycles. The smallest absolute Gasteiger partial charge is 0.410 e. The van der Waals surface area contributed by atoms with Gasteiger partial charge >= 0.3 is 6.09 Å². The fourth-order valence-electron chi connectivity index (χ4n) is 5.84. The van der Waals surface area contributed by atoms with Crippen LogP contribution in [0.3, 0.4) is 0 Å². The number of aromatic amines is 1. The first-order valence-electron chi connectivity index (χ1n) is 12.7. The van der Waals surface area contributed by atoms with Crippen molar-refractivity contribution in [1.29, 1.82) is 5.26 Å². The number of hydrogen-bond acceptors (Lipinski definition) is 6. The van der Waals surface area contributed by atoms with Crippen LogP contribution in [0.5, 0.6) is 0 Å². The molecule has 2 aliphatic rings. The highest BCUT2D eigenvalue weighted by molar-refractivity contribution is 6.08. The molecule has 2 saturated heterocycles. The average Bonchev–Trinajstić information content (AvgIpc) is 3.49. The summed E-state index contributed by atoms with van der Waals surface area (Å²) in [6.45, 7) is 10.6. The van der Waals surface area contributed by atoms with Crippen LogP contribution in [0.2, 0.25) is 0 Å². The summed E-state index contributed by atoms with van der Waals surface area (Å²) in [6.07, 6.45) is 2.51. The van der Waals surface area contributed by atoms with Gasteiger partial charge in [-0.2, -0.15) is 10.4 Å². The quantitative estimate of drug-likeness (QED) is 0.400.